The molecule has 0 saturated heterocycles. The van der Waals surface area contributed by atoms with Gasteiger partial charge in [0.2, 0.25) is 3.79 Å². The predicted molar refractivity (Wildman–Crippen MR) is 73.7 cm³/mol. The van der Waals surface area contributed by atoms with Crippen molar-refractivity contribution in [3.63, 3.8) is 0 Å². The molecular weight excluding hydrogens is 317 g/mol. The van der Waals surface area contributed by atoms with Gasteiger partial charge in [-0.2, -0.15) is 0 Å². The number of halogens is 3. The van der Waals surface area contributed by atoms with Crippen LogP contribution in [0.3, 0.4) is 0 Å². The molecule has 2 unspecified atom stereocenters. The smallest absolute Gasteiger partial charge is 0.305 e. The summed E-state index contributed by atoms with van der Waals surface area (Å²) in [5.41, 5.74) is 0.867. The molecule has 8 heteroatoms. The molecule has 0 aromatic carbocycles. The first kappa shape index (κ1) is 15.7. The van der Waals surface area contributed by atoms with Crippen molar-refractivity contribution in [1.29, 1.82) is 5.26 Å². The topological polar surface area (TPSA) is 59.9 Å². The number of nitrogens with zero attached hydrogens (tertiary/aromatic N) is 3. The molecule has 0 amide bonds. The molecule has 0 aliphatic heterocycles. The van der Waals surface area contributed by atoms with Crippen molar-refractivity contribution < 1.29 is 8.50 Å². The Labute approximate surface area is 123 Å². The van der Waals surface area contributed by atoms with E-state index in [9.17, 15) is 4.55 Å². The summed E-state index contributed by atoms with van der Waals surface area (Å²) in [5, 5.41) is 8.36. The van der Waals surface area contributed by atoms with Crippen molar-refractivity contribution in [3.8, 4) is 6.19 Å². The van der Waals surface area contributed by atoms with Crippen LogP contribution in [0.1, 0.15) is 23.4 Å². The number of alkyl halides is 3. The lowest BCUT2D eigenvalue weighted by molar-refractivity contribution is -0.379. The second-order valence-electron chi connectivity index (χ2n) is 3.47. The third kappa shape index (κ3) is 3.56. The summed E-state index contributed by atoms with van der Waals surface area (Å²) >= 11 is 17.5. The van der Waals surface area contributed by atoms with E-state index in [0.717, 1.165) is 3.95 Å². The first-order valence-corrected chi connectivity index (χ1v) is 7.20. The van der Waals surface area contributed by atoms with E-state index >= 15 is 0 Å². The van der Waals surface area contributed by atoms with Gasteiger partial charge in [0, 0.05) is 6.20 Å². The molecule has 1 rings (SSSR count). The van der Waals surface area contributed by atoms with E-state index in [2.05, 4.69) is 4.98 Å². The van der Waals surface area contributed by atoms with Gasteiger partial charge in [-0.3, -0.25) is 4.98 Å². The van der Waals surface area contributed by atoms with Gasteiger partial charge in [0.15, 0.2) is 5.26 Å². The van der Waals surface area contributed by atoms with Crippen LogP contribution in [0.25, 0.3) is 0 Å². The summed E-state index contributed by atoms with van der Waals surface area (Å²) in [6, 6.07) is 3.41. The third-order valence-electron chi connectivity index (χ3n) is 2.28. The van der Waals surface area contributed by atoms with Crippen molar-refractivity contribution in [2.75, 3.05) is 7.05 Å². The highest BCUT2D eigenvalue weighted by Crippen LogP contribution is 2.40. The number of pyridine rings is 1. The molecule has 98 valence electrons. The Hall–Kier alpha value is -0.380. The van der Waals surface area contributed by atoms with Gasteiger partial charge in [-0.05, 0) is 18.6 Å². The lowest BCUT2D eigenvalue weighted by atomic mass is 10.1. The fourth-order valence-electron chi connectivity index (χ4n) is 1.38. The molecule has 1 aromatic rings. The Bertz CT molecular complexity index is 522. The van der Waals surface area contributed by atoms with Gasteiger partial charge in [-0.15, -0.1) is 3.95 Å². The van der Waals surface area contributed by atoms with Crippen molar-refractivity contribution in [2.45, 2.75) is 16.0 Å². The fraction of sp³-hybridized carbons (Fsp3) is 0.400. The van der Waals surface area contributed by atoms with Crippen molar-refractivity contribution in [1.82, 2.24) is 4.98 Å². The molecular formula is C10H11Cl3N3OS+. The van der Waals surface area contributed by atoms with Gasteiger partial charge in [-0.1, -0.05) is 40.9 Å². The Morgan fingerprint density at radius 1 is 1.56 bits per heavy atom. The van der Waals surface area contributed by atoms with Crippen LogP contribution in [0.4, 0.5) is 0 Å². The fourth-order valence-corrected chi connectivity index (χ4v) is 2.82. The van der Waals surface area contributed by atoms with Gasteiger partial charge in [0.1, 0.15) is 11.0 Å². The predicted octanol–water partition coefficient (Wildman–Crippen LogP) is 3.37. The average Bonchev–Trinajstić information content (AvgIpc) is 2.35. The van der Waals surface area contributed by atoms with Gasteiger partial charge >= 0.3 is 6.19 Å². The van der Waals surface area contributed by atoms with Crippen LogP contribution in [0.15, 0.2) is 18.3 Å². The zero-order chi connectivity index (χ0) is 13.9. The first-order valence-electron chi connectivity index (χ1n) is 4.87. The molecule has 0 spiro atoms. The molecule has 1 N–H and O–H groups in total. The maximum atomic E-state index is 10.0. The zero-order valence-electron chi connectivity index (χ0n) is 9.64. The normalized spacial score (nSPS) is 15.7. The standard InChI is InChI=1S/C10H10Cl3N3OS/c1-7(18(17)16(2)6-14)8-4-3-5-15-9(8)10(11,12)13/h3-5,7H,1-2H3/p+1. The second kappa shape index (κ2) is 6.18. The molecule has 0 fully saturated rings. The van der Waals surface area contributed by atoms with E-state index in [1.54, 1.807) is 19.1 Å². The van der Waals surface area contributed by atoms with Crippen LogP contribution < -0.4 is 0 Å². The summed E-state index contributed by atoms with van der Waals surface area (Å²) in [6.07, 6.45) is 3.36. The van der Waals surface area contributed by atoms with E-state index in [1.165, 1.54) is 13.2 Å². The average molecular weight is 328 g/mol. The highest BCUT2D eigenvalue weighted by Gasteiger charge is 2.31. The largest absolute Gasteiger partial charge is 0.467 e. The van der Waals surface area contributed by atoms with E-state index in [4.69, 9.17) is 40.1 Å². The summed E-state index contributed by atoms with van der Waals surface area (Å²) in [5.74, 6) is 0. The molecule has 0 aliphatic carbocycles. The Morgan fingerprint density at radius 2 is 2.17 bits per heavy atom. The van der Waals surface area contributed by atoms with E-state index in [-0.39, 0.29) is 5.69 Å². The number of aromatic nitrogens is 1. The minimum atomic E-state index is -1.67. The molecule has 1 aromatic heterocycles. The van der Waals surface area contributed by atoms with E-state index < -0.39 is 20.0 Å². The van der Waals surface area contributed by atoms with Crippen molar-refractivity contribution in [3.05, 3.63) is 29.6 Å². The lowest BCUT2D eigenvalue weighted by Gasteiger charge is -2.18. The van der Waals surface area contributed by atoms with Gasteiger partial charge in [0.05, 0.1) is 18.0 Å². The monoisotopic (exact) mass is 326 g/mol. The van der Waals surface area contributed by atoms with Gasteiger partial charge in [-0.25, -0.2) is 0 Å². The van der Waals surface area contributed by atoms with Crippen LogP contribution >= 0.6 is 34.8 Å². The highest BCUT2D eigenvalue weighted by atomic mass is 35.6. The summed E-state index contributed by atoms with van der Waals surface area (Å²) in [6.45, 7) is 1.74. The van der Waals surface area contributed by atoms with Crippen LogP contribution in [-0.2, 0) is 14.8 Å². The zero-order valence-corrected chi connectivity index (χ0v) is 12.7. The molecule has 2 atom stereocenters. The molecule has 18 heavy (non-hydrogen) atoms. The second-order valence-corrected chi connectivity index (χ2v) is 7.59. The number of hydrogen-bond donors (Lipinski definition) is 1. The van der Waals surface area contributed by atoms with E-state index in [1.807, 2.05) is 6.19 Å². The van der Waals surface area contributed by atoms with Crippen molar-refractivity contribution in [2.24, 2.45) is 0 Å². The summed E-state index contributed by atoms with van der Waals surface area (Å²) < 4.78 is 9.49. The third-order valence-corrected chi connectivity index (χ3v) is 4.35. The number of rotatable bonds is 2. The minimum absolute atomic E-state index is 0.264. The van der Waals surface area contributed by atoms with Gasteiger partial charge < -0.3 is 4.55 Å². The maximum absolute atomic E-state index is 10.0. The maximum Gasteiger partial charge on any atom is 0.467 e. The molecule has 0 bridgehead atoms. The van der Waals surface area contributed by atoms with Gasteiger partial charge in [0.25, 0.3) is 0 Å². The molecule has 0 saturated carbocycles. The van der Waals surface area contributed by atoms with E-state index in [0.29, 0.717) is 5.56 Å². The minimum Gasteiger partial charge on any atom is -0.305 e. The number of nitriles is 1. The molecule has 1 heterocycles. The Balaban J connectivity index is 3.32. The summed E-state index contributed by atoms with van der Waals surface area (Å²) in [4.78, 5) is 4.03. The first-order chi connectivity index (χ1) is 8.29. The van der Waals surface area contributed by atoms with Crippen LogP contribution in [-0.4, -0.2) is 20.5 Å². The molecule has 0 radical (unpaired) electrons. The SMILES string of the molecule is CC(c1cccnc1C(Cl)(Cl)Cl)S(O)=[N+](C)C#N. The quantitative estimate of drug-likeness (QED) is 0.392. The highest BCUT2D eigenvalue weighted by molar-refractivity contribution is 7.79. The molecule has 4 nitrogen and oxygen atoms in total. The lowest BCUT2D eigenvalue weighted by Crippen LogP contribution is -2.16. The Morgan fingerprint density at radius 3 is 2.67 bits per heavy atom. The summed E-state index contributed by atoms with van der Waals surface area (Å²) in [7, 11) is 0.192. The number of hydrogen-bond acceptors (Lipinski definition) is 2. The van der Waals surface area contributed by atoms with Crippen LogP contribution in [0.2, 0.25) is 0 Å². The Kier molecular flexibility index (Phi) is 5.38. The molecule has 0 aliphatic rings. The van der Waals surface area contributed by atoms with Crippen LogP contribution in [0, 0.1) is 11.5 Å². The van der Waals surface area contributed by atoms with Crippen LogP contribution in [0.5, 0.6) is 0 Å². The van der Waals surface area contributed by atoms with Crippen molar-refractivity contribution >= 4 is 45.8 Å².